The van der Waals surface area contributed by atoms with Crippen molar-refractivity contribution in [1.82, 2.24) is 0 Å². The van der Waals surface area contributed by atoms with Crippen molar-refractivity contribution in [1.29, 1.82) is 0 Å². The lowest BCUT2D eigenvalue weighted by Gasteiger charge is -2.59. The van der Waals surface area contributed by atoms with E-state index in [1.165, 1.54) is 0 Å². The summed E-state index contributed by atoms with van der Waals surface area (Å²) in [5.41, 5.74) is -1.61. The molecule has 1 atom stereocenters. The fourth-order valence-electron chi connectivity index (χ4n) is 3.81. The highest BCUT2D eigenvalue weighted by Gasteiger charge is 2.73. The first-order valence-corrected chi connectivity index (χ1v) is 7.57. The average molecular weight is 306 g/mol. The van der Waals surface area contributed by atoms with E-state index in [0.29, 0.717) is 19.4 Å². The Morgan fingerprint density at radius 2 is 1.68 bits per heavy atom. The molecule has 0 saturated heterocycles. The molecule has 2 N–H and O–H groups in total. The molecule has 5 nitrogen and oxygen atoms in total. The topological polar surface area (TPSA) is 83.8 Å². The smallest absolute Gasteiger partial charge is 0.321 e. The largest absolute Gasteiger partial charge is 0.480 e. The van der Waals surface area contributed by atoms with Gasteiger partial charge in [-0.05, 0) is 18.4 Å². The van der Waals surface area contributed by atoms with Crippen LogP contribution in [-0.2, 0) is 20.9 Å². The predicted molar refractivity (Wildman–Crippen MR) is 80.4 cm³/mol. The third kappa shape index (κ3) is 2.20. The van der Waals surface area contributed by atoms with Crippen molar-refractivity contribution >= 4 is 11.9 Å². The Balaban J connectivity index is 2.21. The summed E-state index contributed by atoms with van der Waals surface area (Å²) in [7, 11) is 0. The lowest BCUT2D eigenvalue weighted by molar-refractivity contribution is -0.238. The fraction of sp³-hybridized carbons (Fsp3) is 0.529. The van der Waals surface area contributed by atoms with Crippen molar-refractivity contribution in [2.24, 2.45) is 10.8 Å². The Labute approximate surface area is 129 Å². The summed E-state index contributed by atoms with van der Waals surface area (Å²) in [6.07, 6.45) is 0.588. The van der Waals surface area contributed by atoms with Crippen LogP contribution in [0.2, 0.25) is 0 Å². The summed E-state index contributed by atoms with van der Waals surface area (Å²) < 4.78 is 5.89. The van der Waals surface area contributed by atoms with Crippen molar-refractivity contribution in [3.63, 3.8) is 0 Å². The molecule has 1 aromatic carbocycles. The molecule has 2 rings (SSSR count). The molecule has 120 valence electrons. The van der Waals surface area contributed by atoms with Crippen LogP contribution in [0.5, 0.6) is 0 Å². The van der Waals surface area contributed by atoms with E-state index >= 15 is 0 Å². The van der Waals surface area contributed by atoms with Gasteiger partial charge in [-0.2, -0.15) is 0 Å². The molecule has 1 unspecified atom stereocenters. The zero-order valence-corrected chi connectivity index (χ0v) is 12.9. The molecule has 1 aliphatic rings. The molecule has 0 aromatic heterocycles. The van der Waals surface area contributed by atoms with Gasteiger partial charge in [-0.15, -0.1) is 0 Å². The molecular formula is C17H22O5. The van der Waals surface area contributed by atoms with Gasteiger partial charge in [-0.25, -0.2) is 0 Å². The number of carboxylic acid groups (broad SMARTS) is 2. The molecule has 0 aliphatic heterocycles. The SMILES string of the molecule is CCC1(CC)C(OCc2ccccc2)CC1(C(=O)O)C(=O)O. The fourth-order valence-corrected chi connectivity index (χ4v) is 3.81. The minimum absolute atomic E-state index is 0.0200. The third-order valence-electron chi connectivity index (χ3n) is 5.24. The number of benzene rings is 1. The van der Waals surface area contributed by atoms with Crippen molar-refractivity contribution in [2.75, 3.05) is 0 Å². The van der Waals surface area contributed by atoms with Crippen molar-refractivity contribution in [3.05, 3.63) is 35.9 Å². The standard InChI is InChI=1S/C17H22O5/c1-3-16(4-2)13(10-17(16,14(18)19)15(20)21)22-11-12-8-6-5-7-9-12/h5-9,13H,3-4,10-11H2,1-2H3,(H,18,19)(H,20,21). The minimum Gasteiger partial charge on any atom is -0.480 e. The molecule has 1 saturated carbocycles. The van der Waals surface area contributed by atoms with Gasteiger partial charge in [0.25, 0.3) is 0 Å². The van der Waals surface area contributed by atoms with Crippen LogP contribution in [0.15, 0.2) is 30.3 Å². The molecule has 0 amide bonds. The number of carboxylic acids is 2. The van der Waals surface area contributed by atoms with Gasteiger partial charge in [0.2, 0.25) is 0 Å². The highest BCUT2D eigenvalue weighted by molar-refractivity contribution is 6.01. The van der Waals surface area contributed by atoms with E-state index in [2.05, 4.69) is 0 Å². The van der Waals surface area contributed by atoms with E-state index in [9.17, 15) is 19.8 Å². The summed E-state index contributed by atoms with van der Waals surface area (Å²) in [6, 6.07) is 9.59. The molecule has 1 fully saturated rings. The number of hydrogen-bond donors (Lipinski definition) is 2. The zero-order chi connectivity index (χ0) is 16.4. The van der Waals surface area contributed by atoms with E-state index in [1.54, 1.807) is 0 Å². The summed E-state index contributed by atoms with van der Waals surface area (Å²) in [4.78, 5) is 23.3. The molecular weight excluding hydrogens is 284 g/mol. The number of carbonyl (C=O) groups is 2. The molecule has 0 bridgehead atoms. The minimum atomic E-state index is -1.74. The molecule has 0 spiro atoms. The molecule has 1 aromatic rings. The zero-order valence-electron chi connectivity index (χ0n) is 12.9. The van der Waals surface area contributed by atoms with E-state index in [4.69, 9.17) is 4.74 Å². The van der Waals surface area contributed by atoms with Crippen LogP contribution in [0.3, 0.4) is 0 Å². The van der Waals surface area contributed by atoms with Gasteiger partial charge in [-0.1, -0.05) is 44.2 Å². The van der Waals surface area contributed by atoms with Gasteiger partial charge in [-0.3, -0.25) is 9.59 Å². The number of ether oxygens (including phenoxy) is 1. The van der Waals surface area contributed by atoms with Crippen LogP contribution in [0.25, 0.3) is 0 Å². The maximum absolute atomic E-state index is 11.7. The van der Waals surface area contributed by atoms with Crippen LogP contribution < -0.4 is 0 Å². The normalized spacial score (nSPS) is 21.8. The van der Waals surface area contributed by atoms with E-state index < -0.39 is 22.8 Å². The molecule has 22 heavy (non-hydrogen) atoms. The van der Waals surface area contributed by atoms with Gasteiger partial charge >= 0.3 is 11.9 Å². The second kappa shape index (κ2) is 6.08. The summed E-state index contributed by atoms with van der Waals surface area (Å²) in [5, 5.41) is 19.0. The Kier molecular flexibility index (Phi) is 4.56. The van der Waals surface area contributed by atoms with Crippen molar-refractivity contribution < 1.29 is 24.5 Å². The van der Waals surface area contributed by atoms with E-state index in [-0.39, 0.29) is 12.5 Å². The van der Waals surface area contributed by atoms with Crippen LogP contribution in [0, 0.1) is 10.8 Å². The van der Waals surface area contributed by atoms with Gasteiger partial charge in [0.05, 0.1) is 12.7 Å². The van der Waals surface area contributed by atoms with Crippen molar-refractivity contribution in [3.8, 4) is 0 Å². The average Bonchev–Trinajstić information content (AvgIpc) is 2.48. The monoisotopic (exact) mass is 306 g/mol. The van der Waals surface area contributed by atoms with Gasteiger partial charge in [0.1, 0.15) is 0 Å². The van der Waals surface area contributed by atoms with Gasteiger partial charge in [0.15, 0.2) is 5.41 Å². The first-order valence-electron chi connectivity index (χ1n) is 7.57. The van der Waals surface area contributed by atoms with Crippen LogP contribution in [0.1, 0.15) is 38.7 Å². The first-order chi connectivity index (χ1) is 10.4. The number of rotatable bonds is 7. The molecule has 1 aliphatic carbocycles. The van der Waals surface area contributed by atoms with Gasteiger partial charge in [0, 0.05) is 11.8 Å². The molecule has 0 heterocycles. The Bertz CT molecular complexity index is 533. The highest BCUT2D eigenvalue weighted by Crippen LogP contribution is 2.62. The van der Waals surface area contributed by atoms with Gasteiger partial charge < -0.3 is 14.9 Å². The Morgan fingerprint density at radius 3 is 2.14 bits per heavy atom. The quantitative estimate of drug-likeness (QED) is 0.757. The van der Waals surface area contributed by atoms with E-state index in [0.717, 1.165) is 5.56 Å². The summed E-state index contributed by atoms with van der Waals surface area (Å²) in [5.74, 6) is -2.52. The predicted octanol–water partition coefficient (Wildman–Crippen LogP) is 2.94. The van der Waals surface area contributed by atoms with E-state index in [1.807, 2.05) is 44.2 Å². The third-order valence-corrected chi connectivity index (χ3v) is 5.24. The second-order valence-corrected chi connectivity index (χ2v) is 5.87. The lowest BCUT2D eigenvalue weighted by atomic mass is 9.45. The highest BCUT2D eigenvalue weighted by atomic mass is 16.5. The summed E-state index contributed by atoms with van der Waals surface area (Å²) >= 11 is 0. The first kappa shape index (κ1) is 16.5. The molecule has 0 radical (unpaired) electrons. The van der Waals surface area contributed by atoms with Crippen LogP contribution in [0.4, 0.5) is 0 Å². The molecule has 5 heteroatoms. The second-order valence-electron chi connectivity index (χ2n) is 5.87. The lowest BCUT2D eigenvalue weighted by Crippen LogP contribution is -2.69. The maximum Gasteiger partial charge on any atom is 0.321 e. The van der Waals surface area contributed by atoms with Crippen LogP contribution >= 0.6 is 0 Å². The number of aliphatic carboxylic acids is 2. The summed E-state index contributed by atoms with van der Waals surface area (Å²) in [6.45, 7) is 4.03. The Morgan fingerprint density at radius 1 is 1.14 bits per heavy atom. The van der Waals surface area contributed by atoms with Crippen LogP contribution in [-0.4, -0.2) is 28.3 Å². The van der Waals surface area contributed by atoms with Crippen molar-refractivity contribution in [2.45, 2.75) is 45.8 Å². The Hall–Kier alpha value is -1.88. The number of hydrogen-bond acceptors (Lipinski definition) is 3. The maximum atomic E-state index is 11.7.